The van der Waals surface area contributed by atoms with Gasteiger partial charge in [0.15, 0.2) is 0 Å². The summed E-state index contributed by atoms with van der Waals surface area (Å²) in [6, 6.07) is 8.49. The number of methoxy groups -OCH3 is 1. The van der Waals surface area contributed by atoms with Gasteiger partial charge in [0.1, 0.15) is 5.75 Å². The summed E-state index contributed by atoms with van der Waals surface area (Å²) in [5.74, 6) is 1.84. The largest absolute Gasteiger partial charge is 0.543 e. The van der Waals surface area contributed by atoms with Crippen LogP contribution in [0.15, 0.2) is 24.3 Å². The highest BCUT2D eigenvalue weighted by Gasteiger charge is 1.99. The highest BCUT2D eigenvalue weighted by atomic mass is 16.5. The van der Waals surface area contributed by atoms with Crippen LogP contribution in [-0.4, -0.2) is 25.1 Å². The number of nitrogens with two attached hydrogens (primary N) is 1. The molecule has 0 aliphatic heterocycles. The molecule has 1 unspecified atom stereocenters. The average Bonchev–Trinajstić information content (AvgIpc) is 2.45. The molecule has 112 valence electrons. The average molecular weight is 282 g/mol. The van der Waals surface area contributed by atoms with Crippen LogP contribution in [0.3, 0.4) is 0 Å². The second-order valence-electron chi connectivity index (χ2n) is 4.03. The lowest BCUT2D eigenvalue weighted by Gasteiger charge is -2.09. The third kappa shape index (κ3) is 8.06. The first-order chi connectivity index (χ1) is 9.40. The monoisotopic (exact) mass is 282 g/mol. The molecule has 0 spiro atoms. The SMILES string of the molecule is COc1ccc(CCC(C)NN)cc1.O=C([O-])C(=O)[O-]. The molecular weight excluding hydrogens is 264 g/mol. The number of benzene rings is 1. The van der Waals surface area contributed by atoms with Gasteiger partial charge in [-0.2, -0.15) is 0 Å². The van der Waals surface area contributed by atoms with Crippen LogP contribution >= 0.6 is 0 Å². The predicted octanol–water partition coefficient (Wildman–Crippen LogP) is -2.03. The smallest absolute Gasteiger partial charge is 0.118 e. The van der Waals surface area contributed by atoms with E-state index < -0.39 is 11.9 Å². The van der Waals surface area contributed by atoms with E-state index in [1.165, 1.54) is 5.56 Å². The molecule has 20 heavy (non-hydrogen) atoms. The van der Waals surface area contributed by atoms with E-state index in [0.29, 0.717) is 6.04 Å². The number of carbonyl (C=O) groups excluding carboxylic acids is 2. The van der Waals surface area contributed by atoms with Gasteiger partial charge in [-0.1, -0.05) is 12.1 Å². The van der Waals surface area contributed by atoms with E-state index in [1.54, 1.807) is 7.11 Å². The summed E-state index contributed by atoms with van der Waals surface area (Å²) in [7, 11) is 1.68. The number of aryl methyl sites for hydroxylation is 1. The molecule has 0 bridgehead atoms. The molecule has 0 fully saturated rings. The van der Waals surface area contributed by atoms with E-state index in [4.69, 9.17) is 30.4 Å². The van der Waals surface area contributed by atoms with Gasteiger partial charge in [-0.15, -0.1) is 0 Å². The molecule has 1 atom stereocenters. The van der Waals surface area contributed by atoms with Gasteiger partial charge in [0.2, 0.25) is 0 Å². The van der Waals surface area contributed by atoms with Crippen molar-refractivity contribution < 1.29 is 24.5 Å². The normalized spacial score (nSPS) is 10.9. The van der Waals surface area contributed by atoms with Crippen molar-refractivity contribution in [2.24, 2.45) is 5.84 Å². The van der Waals surface area contributed by atoms with Gasteiger partial charge in [-0.25, -0.2) is 0 Å². The van der Waals surface area contributed by atoms with Crippen molar-refractivity contribution in [3.63, 3.8) is 0 Å². The number of rotatable bonds is 5. The summed E-state index contributed by atoms with van der Waals surface area (Å²) in [6.45, 7) is 2.07. The van der Waals surface area contributed by atoms with Crippen molar-refractivity contribution in [3.05, 3.63) is 29.8 Å². The molecule has 7 nitrogen and oxygen atoms in total. The molecule has 1 aromatic carbocycles. The lowest BCUT2D eigenvalue weighted by atomic mass is 10.1. The van der Waals surface area contributed by atoms with Gasteiger partial charge in [0, 0.05) is 6.04 Å². The predicted molar refractivity (Wildman–Crippen MR) is 68.1 cm³/mol. The molecule has 0 saturated carbocycles. The van der Waals surface area contributed by atoms with Gasteiger partial charge in [-0.05, 0) is 37.5 Å². The highest BCUT2D eigenvalue weighted by molar-refractivity contribution is 6.25. The molecule has 0 aromatic heterocycles. The minimum Gasteiger partial charge on any atom is -0.543 e. The summed E-state index contributed by atoms with van der Waals surface area (Å²) >= 11 is 0. The van der Waals surface area contributed by atoms with E-state index in [0.717, 1.165) is 18.6 Å². The van der Waals surface area contributed by atoms with Crippen LogP contribution in [0.5, 0.6) is 5.75 Å². The third-order valence-electron chi connectivity index (χ3n) is 2.48. The Balaban J connectivity index is 0.000000511. The zero-order chi connectivity index (χ0) is 15.5. The number of hydrogen-bond acceptors (Lipinski definition) is 7. The second kappa shape index (κ2) is 9.76. The Hall–Kier alpha value is -2.12. The van der Waals surface area contributed by atoms with E-state index >= 15 is 0 Å². The Morgan fingerprint density at radius 3 is 2.10 bits per heavy atom. The Bertz CT molecular complexity index is 407. The molecule has 0 aliphatic rings. The summed E-state index contributed by atoms with van der Waals surface area (Å²) < 4.78 is 5.08. The summed E-state index contributed by atoms with van der Waals surface area (Å²) in [5, 5.41) is 17.9. The first kappa shape index (κ1) is 17.9. The van der Waals surface area contributed by atoms with Gasteiger partial charge in [0.25, 0.3) is 0 Å². The van der Waals surface area contributed by atoms with Gasteiger partial charge >= 0.3 is 0 Å². The number of aliphatic carboxylic acids is 2. The van der Waals surface area contributed by atoms with Crippen LogP contribution in [0.25, 0.3) is 0 Å². The number of carboxylic acid groups (broad SMARTS) is 2. The lowest BCUT2D eigenvalue weighted by molar-refractivity contribution is -0.345. The quantitative estimate of drug-likeness (QED) is 0.362. The van der Waals surface area contributed by atoms with E-state index in [1.807, 2.05) is 12.1 Å². The van der Waals surface area contributed by atoms with Crippen molar-refractivity contribution in [1.29, 1.82) is 0 Å². The Morgan fingerprint density at radius 2 is 1.75 bits per heavy atom. The number of hydrazine groups is 1. The molecule has 1 aromatic rings. The molecule has 7 heteroatoms. The van der Waals surface area contributed by atoms with E-state index in [9.17, 15) is 0 Å². The fourth-order valence-electron chi connectivity index (χ4n) is 1.26. The maximum atomic E-state index is 8.93. The topological polar surface area (TPSA) is 128 Å². The Labute approximate surface area is 117 Å². The first-order valence-corrected chi connectivity index (χ1v) is 5.92. The Morgan fingerprint density at radius 1 is 1.25 bits per heavy atom. The van der Waals surface area contributed by atoms with Crippen LogP contribution in [0.1, 0.15) is 18.9 Å². The van der Waals surface area contributed by atoms with Crippen LogP contribution in [0.4, 0.5) is 0 Å². The fraction of sp³-hybridized carbons (Fsp3) is 0.385. The van der Waals surface area contributed by atoms with Crippen molar-refractivity contribution in [1.82, 2.24) is 5.43 Å². The fourth-order valence-corrected chi connectivity index (χ4v) is 1.26. The maximum Gasteiger partial charge on any atom is 0.118 e. The van der Waals surface area contributed by atoms with Crippen molar-refractivity contribution >= 4 is 11.9 Å². The number of ether oxygens (including phenoxy) is 1. The minimum atomic E-state index is -2.19. The molecule has 1 rings (SSSR count). The second-order valence-corrected chi connectivity index (χ2v) is 4.03. The van der Waals surface area contributed by atoms with Crippen molar-refractivity contribution in [2.45, 2.75) is 25.8 Å². The number of hydrogen-bond donors (Lipinski definition) is 2. The molecule has 3 N–H and O–H groups in total. The van der Waals surface area contributed by atoms with Gasteiger partial charge in [-0.3, -0.25) is 11.3 Å². The first-order valence-electron chi connectivity index (χ1n) is 5.92. The van der Waals surface area contributed by atoms with Gasteiger partial charge in [0.05, 0.1) is 19.0 Å². The molecule has 0 aliphatic carbocycles. The van der Waals surface area contributed by atoms with Crippen LogP contribution in [-0.2, 0) is 16.0 Å². The molecule has 0 amide bonds. The molecule has 0 heterocycles. The lowest BCUT2D eigenvalue weighted by Crippen LogP contribution is -2.42. The standard InChI is InChI=1S/C11H18N2O.C2H2O4/c1-9(13-12)3-4-10-5-7-11(14-2)8-6-10;3-1(4)2(5)6/h5-9,13H,3-4,12H2,1-2H3;(H,3,4)(H,5,6)/p-2. The minimum absolute atomic E-state index is 0.358. The molecular formula is C13H18N2O5-2. The van der Waals surface area contributed by atoms with Gasteiger partial charge < -0.3 is 24.5 Å². The number of nitrogens with one attached hydrogen (secondary N) is 1. The third-order valence-corrected chi connectivity index (χ3v) is 2.48. The van der Waals surface area contributed by atoms with Crippen LogP contribution in [0, 0.1) is 0 Å². The van der Waals surface area contributed by atoms with Crippen LogP contribution < -0.4 is 26.2 Å². The van der Waals surface area contributed by atoms with Crippen molar-refractivity contribution in [2.75, 3.05) is 7.11 Å². The molecule has 0 saturated heterocycles. The van der Waals surface area contributed by atoms with E-state index in [-0.39, 0.29) is 0 Å². The summed E-state index contributed by atoms with van der Waals surface area (Å²) in [6.07, 6.45) is 2.08. The maximum absolute atomic E-state index is 8.93. The Kier molecular flexibility index (Phi) is 8.73. The number of carboxylic acids is 2. The van der Waals surface area contributed by atoms with E-state index in [2.05, 4.69) is 24.5 Å². The zero-order valence-electron chi connectivity index (χ0n) is 11.4. The van der Waals surface area contributed by atoms with Crippen molar-refractivity contribution in [3.8, 4) is 5.75 Å². The molecule has 0 radical (unpaired) electrons. The highest BCUT2D eigenvalue weighted by Crippen LogP contribution is 2.12. The summed E-state index contributed by atoms with van der Waals surface area (Å²) in [4.78, 5) is 17.9. The summed E-state index contributed by atoms with van der Waals surface area (Å²) in [5.41, 5.74) is 4.05. The number of carbonyl (C=O) groups is 2. The van der Waals surface area contributed by atoms with Crippen LogP contribution in [0.2, 0.25) is 0 Å². The zero-order valence-corrected chi connectivity index (χ0v) is 11.4.